The Bertz CT molecular complexity index is 431. The van der Waals surface area contributed by atoms with Gasteiger partial charge in [-0.25, -0.2) is 0 Å². The average Bonchev–Trinajstić information content (AvgIpc) is 2.48. The van der Waals surface area contributed by atoms with E-state index in [4.69, 9.17) is 0 Å². The summed E-state index contributed by atoms with van der Waals surface area (Å²) in [7, 11) is 0. The lowest BCUT2D eigenvalue weighted by atomic mass is 9.92. The summed E-state index contributed by atoms with van der Waals surface area (Å²) in [5.74, 6) is 0.591. The van der Waals surface area contributed by atoms with Gasteiger partial charge in [-0.3, -0.25) is 9.69 Å². The Labute approximate surface area is 121 Å². The van der Waals surface area contributed by atoms with Crippen molar-refractivity contribution in [2.75, 3.05) is 19.6 Å². The first-order valence-electron chi connectivity index (χ1n) is 7.62. The second-order valence-corrected chi connectivity index (χ2v) is 5.83. The van der Waals surface area contributed by atoms with Crippen LogP contribution in [0.25, 0.3) is 0 Å². The lowest BCUT2D eigenvalue weighted by Gasteiger charge is -2.32. The maximum Gasteiger partial charge on any atom is 0.176 e. The van der Waals surface area contributed by atoms with Crippen LogP contribution in [0, 0.1) is 5.92 Å². The van der Waals surface area contributed by atoms with E-state index in [9.17, 15) is 9.90 Å². The number of piperidine rings is 1. The van der Waals surface area contributed by atoms with Crippen LogP contribution in [0.1, 0.15) is 42.6 Å². The molecule has 1 saturated heterocycles. The molecule has 110 valence electrons. The molecule has 20 heavy (non-hydrogen) atoms. The molecule has 0 amide bonds. The van der Waals surface area contributed by atoms with Gasteiger partial charge in [-0.05, 0) is 50.8 Å². The smallest absolute Gasteiger partial charge is 0.176 e. The Morgan fingerprint density at radius 2 is 1.90 bits per heavy atom. The number of ketones is 1. The number of nitrogens with zero attached hydrogens (tertiary/aromatic N) is 1. The Morgan fingerprint density at radius 1 is 1.30 bits per heavy atom. The summed E-state index contributed by atoms with van der Waals surface area (Å²) < 4.78 is 0. The van der Waals surface area contributed by atoms with E-state index in [0.29, 0.717) is 12.5 Å². The Morgan fingerprint density at radius 3 is 2.40 bits per heavy atom. The first-order valence-corrected chi connectivity index (χ1v) is 7.62. The molecule has 0 bridgehead atoms. The Hall–Kier alpha value is -1.19. The molecule has 1 heterocycles. The van der Waals surface area contributed by atoms with E-state index >= 15 is 0 Å². The van der Waals surface area contributed by atoms with E-state index < -0.39 is 0 Å². The van der Waals surface area contributed by atoms with Gasteiger partial charge >= 0.3 is 0 Å². The number of rotatable bonds is 5. The van der Waals surface area contributed by atoms with E-state index in [-0.39, 0.29) is 11.9 Å². The maximum absolute atomic E-state index is 12.2. The molecule has 3 nitrogen and oxygen atoms in total. The van der Waals surface area contributed by atoms with Crippen molar-refractivity contribution in [3.05, 3.63) is 35.4 Å². The second-order valence-electron chi connectivity index (χ2n) is 5.83. The fourth-order valence-corrected chi connectivity index (χ4v) is 2.81. The molecule has 1 aliphatic heterocycles. The van der Waals surface area contributed by atoms with Crippen molar-refractivity contribution in [3.8, 4) is 0 Å². The number of Topliss-reactive ketones (excluding diaryl/α,β-unsaturated/α-hetero) is 1. The van der Waals surface area contributed by atoms with Gasteiger partial charge in [-0.2, -0.15) is 0 Å². The van der Waals surface area contributed by atoms with Gasteiger partial charge in [0, 0.05) is 5.56 Å². The van der Waals surface area contributed by atoms with Gasteiger partial charge in [0.15, 0.2) is 5.78 Å². The highest BCUT2D eigenvalue weighted by Gasteiger charge is 2.23. The SMILES string of the molecule is CCc1ccc(C(=O)CN2CCC(C(C)O)CC2)cc1. The fourth-order valence-electron chi connectivity index (χ4n) is 2.81. The monoisotopic (exact) mass is 275 g/mol. The third-order valence-electron chi connectivity index (χ3n) is 4.37. The average molecular weight is 275 g/mol. The number of aryl methyl sites for hydroxylation is 1. The van der Waals surface area contributed by atoms with Gasteiger partial charge in [0.2, 0.25) is 0 Å². The van der Waals surface area contributed by atoms with Crippen LogP contribution in [0.15, 0.2) is 24.3 Å². The van der Waals surface area contributed by atoms with E-state index in [1.807, 2.05) is 31.2 Å². The third-order valence-corrected chi connectivity index (χ3v) is 4.37. The van der Waals surface area contributed by atoms with Crippen LogP contribution in [0.4, 0.5) is 0 Å². The highest BCUT2D eigenvalue weighted by molar-refractivity contribution is 5.97. The lowest BCUT2D eigenvalue weighted by molar-refractivity contribution is 0.0664. The third kappa shape index (κ3) is 3.90. The van der Waals surface area contributed by atoms with Crippen LogP contribution >= 0.6 is 0 Å². The molecule has 1 fully saturated rings. The first kappa shape index (κ1) is 15.2. The maximum atomic E-state index is 12.2. The summed E-state index contributed by atoms with van der Waals surface area (Å²) in [6, 6.07) is 7.94. The topological polar surface area (TPSA) is 40.5 Å². The predicted molar refractivity (Wildman–Crippen MR) is 81.0 cm³/mol. The molecule has 0 aliphatic carbocycles. The Kier molecular flexibility index (Phi) is 5.32. The largest absolute Gasteiger partial charge is 0.393 e. The van der Waals surface area contributed by atoms with Crippen molar-refractivity contribution in [3.63, 3.8) is 0 Å². The van der Waals surface area contributed by atoms with Gasteiger partial charge < -0.3 is 5.11 Å². The summed E-state index contributed by atoms with van der Waals surface area (Å²) in [6.07, 6.45) is 2.75. The van der Waals surface area contributed by atoms with Crippen LogP contribution in [0.5, 0.6) is 0 Å². The predicted octanol–water partition coefficient (Wildman–Crippen LogP) is 2.52. The molecular weight excluding hydrogens is 250 g/mol. The first-order chi connectivity index (χ1) is 9.60. The van der Waals surface area contributed by atoms with Crippen molar-refractivity contribution in [1.82, 2.24) is 4.90 Å². The second kappa shape index (κ2) is 7.00. The van der Waals surface area contributed by atoms with E-state index in [0.717, 1.165) is 37.9 Å². The summed E-state index contributed by atoms with van der Waals surface area (Å²) in [5.41, 5.74) is 2.07. The van der Waals surface area contributed by atoms with E-state index in [2.05, 4.69) is 11.8 Å². The molecule has 0 radical (unpaired) electrons. The van der Waals surface area contributed by atoms with Crippen LogP contribution in [0.3, 0.4) is 0 Å². The minimum Gasteiger partial charge on any atom is -0.393 e. The van der Waals surface area contributed by atoms with Crippen LogP contribution in [-0.4, -0.2) is 41.5 Å². The van der Waals surface area contributed by atoms with Crippen molar-refractivity contribution in [2.45, 2.75) is 39.2 Å². The summed E-state index contributed by atoms with van der Waals surface area (Å²) in [4.78, 5) is 14.4. The number of carbonyl (C=O) groups is 1. The molecule has 2 rings (SSSR count). The van der Waals surface area contributed by atoms with E-state index in [1.165, 1.54) is 5.56 Å². The number of aliphatic hydroxyl groups excluding tert-OH is 1. The molecule has 1 aromatic rings. The number of hydrogen-bond donors (Lipinski definition) is 1. The van der Waals surface area contributed by atoms with Crippen LogP contribution < -0.4 is 0 Å². The normalized spacial score (nSPS) is 18.9. The van der Waals surface area contributed by atoms with E-state index in [1.54, 1.807) is 0 Å². The van der Waals surface area contributed by atoms with Crippen LogP contribution in [-0.2, 0) is 6.42 Å². The molecule has 3 heteroatoms. The van der Waals surface area contributed by atoms with Gasteiger partial charge in [0.25, 0.3) is 0 Å². The highest BCUT2D eigenvalue weighted by atomic mass is 16.3. The van der Waals surface area contributed by atoms with Gasteiger partial charge in [-0.1, -0.05) is 31.2 Å². The summed E-state index contributed by atoms with van der Waals surface area (Å²) in [6.45, 7) is 6.30. The molecule has 0 spiro atoms. The quantitative estimate of drug-likeness (QED) is 0.840. The zero-order valence-corrected chi connectivity index (χ0v) is 12.5. The minimum atomic E-state index is -0.227. The summed E-state index contributed by atoms with van der Waals surface area (Å²) in [5, 5.41) is 9.59. The number of aliphatic hydroxyl groups is 1. The molecule has 1 N–H and O–H groups in total. The number of carbonyl (C=O) groups excluding carboxylic acids is 1. The minimum absolute atomic E-state index is 0.197. The van der Waals surface area contributed by atoms with Gasteiger partial charge in [-0.15, -0.1) is 0 Å². The molecule has 1 aromatic carbocycles. The van der Waals surface area contributed by atoms with Crippen LogP contribution in [0.2, 0.25) is 0 Å². The molecule has 1 aliphatic rings. The zero-order chi connectivity index (χ0) is 14.5. The zero-order valence-electron chi connectivity index (χ0n) is 12.5. The van der Waals surface area contributed by atoms with Crippen molar-refractivity contribution < 1.29 is 9.90 Å². The molecule has 1 atom stereocenters. The van der Waals surface area contributed by atoms with Crippen molar-refractivity contribution in [2.24, 2.45) is 5.92 Å². The number of benzene rings is 1. The van der Waals surface area contributed by atoms with Gasteiger partial charge in [0.05, 0.1) is 12.6 Å². The van der Waals surface area contributed by atoms with Crippen molar-refractivity contribution >= 4 is 5.78 Å². The highest BCUT2D eigenvalue weighted by Crippen LogP contribution is 2.20. The molecular formula is C17H25NO2. The standard InChI is InChI=1S/C17H25NO2/c1-3-14-4-6-16(7-5-14)17(20)12-18-10-8-15(9-11-18)13(2)19/h4-7,13,15,19H,3,8-12H2,1-2H3. The lowest BCUT2D eigenvalue weighted by Crippen LogP contribution is -2.39. The molecule has 0 saturated carbocycles. The Balaban J connectivity index is 1.85. The van der Waals surface area contributed by atoms with Crippen molar-refractivity contribution in [1.29, 1.82) is 0 Å². The molecule has 1 unspecified atom stereocenters. The van der Waals surface area contributed by atoms with Gasteiger partial charge in [0.1, 0.15) is 0 Å². The fraction of sp³-hybridized carbons (Fsp3) is 0.588. The number of hydrogen-bond acceptors (Lipinski definition) is 3. The molecule has 0 aromatic heterocycles. The summed E-state index contributed by atoms with van der Waals surface area (Å²) >= 11 is 0. The number of likely N-dealkylation sites (tertiary alicyclic amines) is 1.